The molecule has 2 aromatic carbocycles. The Morgan fingerprint density at radius 2 is 1.82 bits per heavy atom. The lowest BCUT2D eigenvalue weighted by atomic mass is 10.0. The number of nitrogen functional groups attached to an aromatic ring is 1. The Hall–Kier alpha value is -2.03. The molecule has 0 amide bonds. The number of ether oxygens (including phenoxy) is 1. The zero-order valence-corrected chi connectivity index (χ0v) is 9.83. The van der Waals surface area contributed by atoms with Gasteiger partial charge in [-0.1, -0.05) is 11.6 Å². The van der Waals surface area contributed by atoms with Crippen LogP contribution in [0.25, 0.3) is 11.1 Å². The van der Waals surface area contributed by atoms with E-state index in [9.17, 15) is 4.39 Å². The van der Waals surface area contributed by atoms with Crippen LogP contribution in [0, 0.1) is 12.7 Å². The molecular weight excluding hydrogens is 217 g/mol. The first-order valence-corrected chi connectivity index (χ1v) is 5.32. The summed E-state index contributed by atoms with van der Waals surface area (Å²) < 4.78 is 19.0. The van der Waals surface area contributed by atoms with E-state index in [1.807, 2.05) is 25.1 Å². The van der Waals surface area contributed by atoms with Gasteiger partial charge in [0.1, 0.15) is 11.6 Å². The van der Waals surface area contributed by atoms with E-state index in [4.69, 9.17) is 10.5 Å². The second kappa shape index (κ2) is 4.45. The highest BCUT2D eigenvalue weighted by atomic mass is 19.1. The van der Waals surface area contributed by atoms with Crippen LogP contribution in [0.3, 0.4) is 0 Å². The number of rotatable bonds is 2. The topological polar surface area (TPSA) is 35.2 Å². The van der Waals surface area contributed by atoms with Gasteiger partial charge in [0.25, 0.3) is 0 Å². The Morgan fingerprint density at radius 1 is 1.06 bits per heavy atom. The SMILES string of the molecule is COc1ccc(C)cc1-c1cc(N)ccc1F. The van der Waals surface area contributed by atoms with E-state index in [1.165, 1.54) is 6.07 Å². The predicted octanol–water partition coefficient (Wildman–Crippen LogP) is 3.39. The Balaban J connectivity index is 2.66. The van der Waals surface area contributed by atoms with Crippen LogP contribution in [0.1, 0.15) is 5.56 Å². The fourth-order valence-corrected chi connectivity index (χ4v) is 1.78. The maximum Gasteiger partial charge on any atom is 0.131 e. The van der Waals surface area contributed by atoms with Crippen molar-refractivity contribution >= 4 is 5.69 Å². The van der Waals surface area contributed by atoms with Crippen molar-refractivity contribution in [1.82, 2.24) is 0 Å². The molecule has 0 saturated heterocycles. The van der Waals surface area contributed by atoms with Gasteiger partial charge in [0.05, 0.1) is 7.11 Å². The van der Waals surface area contributed by atoms with Crippen molar-refractivity contribution in [2.75, 3.05) is 12.8 Å². The Kier molecular flexibility index (Phi) is 3.00. The molecule has 0 saturated carbocycles. The van der Waals surface area contributed by atoms with Gasteiger partial charge in [-0.3, -0.25) is 0 Å². The Bertz CT molecular complexity index is 552. The van der Waals surface area contributed by atoms with Crippen LogP contribution < -0.4 is 10.5 Å². The zero-order chi connectivity index (χ0) is 12.4. The average molecular weight is 231 g/mol. The summed E-state index contributed by atoms with van der Waals surface area (Å²) in [6.45, 7) is 1.95. The molecule has 2 aromatic rings. The molecule has 2 rings (SSSR count). The highest BCUT2D eigenvalue weighted by Crippen LogP contribution is 2.33. The van der Waals surface area contributed by atoms with Crippen molar-refractivity contribution in [2.45, 2.75) is 6.92 Å². The van der Waals surface area contributed by atoms with Gasteiger partial charge in [0, 0.05) is 16.8 Å². The van der Waals surface area contributed by atoms with Gasteiger partial charge in [-0.25, -0.2) is 4.39 Å². The van der Waals surface area contributed by atoms with Crippen LogP contribution in [-0.4, -0.2) is 7.11 Å². The molecule has 0 aliphatic rings. The van der Waals surface area contributed by atoms with Crippen molar-refractivity contribution in [3.8, 4) is 16.9 Å². The van der Waals surface area contributed by atoms with Crippen LogP contribution >= 0.6 is 0 Å². The van der Waals surface area contributed by atoms with Crippen molar-refractivity contribution < 1.29 is 9.13 Å². The number of aryl methyl sites for hydroxylation is 1. The van der Waals surface area contributed by atoms with Crippen LogP contribution in [0.5, 0.6) is 5.75 Å². The second-order valence-corrected chi connectivity index (χ2v) is 3.94. The second-order valence-electron chi connectivity index (χ2n) is 3.94. The van der Waals surface area contributed by atoms with E-state index < -0.39 is 0 Å². The molecule has 0 aliphatic heterocycles. The fraction of sp³-hybridized carbons (Fsp3) is 0.143. The van der Waals surface area contributed by atoms with E-state index in [2.05, 4.69) is 0 Å². The van der Waals surface area contributed by atoms with Gasteiger partial charge in [-0.05, 0) is 37.3 Å². The predicted molar refractivity (Wildman–Crippen MR) is 67.5 cm³/mol. The van der Waals surface area contributed by atoms with Gasteiger partial charge in [0.15, 0.2) is 0 Å². The minimum atomic E-state index is -0.303. The summed E-state index contributed by atoms with van der Waals surface area (Å²) >= 11 is 0. The molecule has 0 aromatic heterocycles. The first kappa shape index (κ1) is 11.5. The Morgan fingerprint density at radius 3 is 2.53 bits per heavy atom. The van der Waals surface area contributed by atoms with Crippen LogP contribution in [0.2, 0.25) is 0 Å². The quantitative estimate of drug-likeness (QED) is 0.804. The lowest BCUT2D eigenvalue weighted by molar-refractivity contribution is 0.416. The summed E-state index contributed by atoms with van der Waals surface area (Å²) in [4.78, 5) is 0. The number of halogens is 1. The first-order valence-electron chi connectivity index (χ1n) is 5.32. The highest BCUT2D eigenvalue weighted by molar-refractivity contribution is 5.74. The lowest BCUT2D eigenvalue weighted by Crippen LogP contribution is -1.93. The van der Waals surface area contributed by atoms with Crippen molar-refractivity contribution in [1.29, 1.82) is 0 Å². The monoisotopic (exact) mass is 231 g/mol. The molecule has 2 N–H and O–H groups in total. The van der Waals surface area contributed by atoms with Gasteiger partial charge in [0.2, 0.25) is 0 Å². The molecule has 0 fully saturated rings. The summed E-state index contributed by atoms with van der Waals surface area (Å²) in [7, 11) is 1.57. The molecule has 0 heterocycles. The molecule has 0 aliphatic carbocycles. The van der Waals surface area contributed by atoms with Crippen LogP contribution in [-0.2, 0) is 0 Å². The van der Waals surface area contributed by atoms with E-state index >= 15 is 0 Å². The lowest BCUT2D eigenvalue weighted by Gasteiger charge is -2.11. The molecular formula is C14H14FNO. The highest BCUT2D eigenvalue weighted by Gasteiger charge is 2.11. The molecule has 0 unspecified atom stereocenters. The molecule has 88 valence electrons. The number of methoxy groups -OCH3 is 1. The van der Waals surface area contributed by atoms with E-state index in [1.54, 1.807) is 19.2 Å². The van der Waals surface area contributed by atoms with Gasteiger partial charge < -0.3 is 10.5 Å². The first-order chi connectivity index (χ1) is 8.11. The van der Waals surface area contributed by atoms with Gasteiger partial charge in [-0.15, -0.1) is 0 Å². The fourth-order valence-electron chi connectivity index (χ4n) is 1.78. The standard InChI is InChI=1S/C14H14FNO/c1-9-3-6-14(17-2)12(7-9)11-8-10(16)4-5-13(11)15/h3-8H,16H2,1-2H3. The minimum absolute atomic E-state index is 0.303. The largest absolute Gasteiger partial charge is 0.496 e. The average Bonchev–Trinajstić information content (AvgIpc) is 2.32. The van der Waals surface area contributed by atoms with Crippen molar-refractivity contribution in [3.05, 3.63) is 47.8 Å². The number of nitrogens with two attached hydrogens (primary N) is 1. The molecule has 0 spiro atoms. The summed E-state index contributed by atoms with van der Waals surface area (Å²) in [6, 6.07) is 10.2. The molecule has 0 atom stereocenters. The molecule has 3 heteroatoms. The molecule has 2 nitrogen and oxygen atoms in total. The van der Waals surface area contributed by atoms with E-state index in [0.717, 1.165) is 11.1 Å². The number of anilines is 1. The Labute approximate surface area is 99.8 Å². The number of benzene rings is 2. The van der Waals surface area contributed by atoms with E-state index in [-0.39, 0.29) is 5.82 Å². The van der Waals surface area contributed by atoms with Crippen LogP contribution in [0.4, 0.5) is 10.1 Å². The smallest absolute Gasteiger partial charge is 0.131 e. The zero-order valence-electron chi connectivity index (χ0n) is 9.83. The number of hydrogen-bond acceptors (Lipinski definition) is 2. The van der Waals surface area contributed by atoms with Crippen LogP contribution in [0.15, 0.2) is 36.4 Å². The van der Waals surface area contributed by atoms with E-state index in [0.29, 0.717) is 17.0 Å². The minimum Gasteiger partial charge on any atom is -0.496 e. The summed E-state index contributed by atoms with van der Waals surface area (Å²) in [6.07, 6.45) is 0. The normalized spacial score (nSPS) is 10.3. The third kappa shape index (κ3) is 2.23. The summed E-state index contributed by atoms with van der Waals surface area (Å²) in [5, 5.41) is 0. The maximum atomic E-state index is 13.8. The summed E-state index contributed by atoms with van der Waals surface area (Å²) in [5.74, 6) is 0.336. The maximum absolute atomic E-state index is 13.8. The van der Waals surface area contributed by atoms with Gasteiger partial charge >= 0.3 is 0 Å². The molecule has 0 radical (unpaired) electrons. The number of hydrogen-bond donors (Lipinski definition) is 1. The molecule has 17 heavy (non-hydrogen) atoms. The molecule has 0 bridgehead atoms. The van der Waals surface area contributed by atoms with Crippen molar-refractivity contribution in [2.24, 2.45) is 0 Å². The summed E-state index contributed by atoms with van der Waals surface area (Å²) in [5.41, 5.74) is 8.45. The third-order valence-electron chi connectivity index (χ3n) is 2.64. The van der Waals surface area contributed by atoms with Gasteiger partial charge in [-0.2, -0.15) is 0 Å². The van der Waals surface area contributed by atoms with Crippen molar-refractivity contribution in [3.63, 3.8) is 0 Å². The third-order valence-corrected chi connectivity index (χ3v) is 2.64.